The van der Waals surface area contributed by atoms with E-state index in [0.717, 1.165) is 50.2 Å². The number of fused-ring (bicyclic) bond motifs is 1. The van der Waals surface area contributed by atoms with Crippen LogP contribution in [0.5, 0.6) is 0 Å². The van der Waals surface area contributed by atoms with Gasteiger partial charge in [0.1, 0.15) is 5.76 Å². The van der Waals surface area contributed by atoms with Crippen molar-refractivity contribution in [2.75, 3.05) is 13.2 Å². The molecule has 0 saturated carbocycles. The first-order valence-corrected chi connectivity index (χ1v) is 5.51. The second-order valence-electron chi connectivity index (χ2n) is 4.48. The normalized spacial score (nSPS) is 24.1. The van der Waals surface area contributed by atoms with Crippen LogP contribution in [0, 0.1) is 5.41 Å². The molecule has 0 amide bonds. The van der Waals surface area contributed by atoms with Crippen molar-refractivity contribution in [3.8, 4) is 0 Å². The lowest BCUT2D eigenvalue weighted by Crippen LogP contribution is -2.40. The fourth-order valence-electron chi connectivity index (χ4n) is 2.73. The number of rotatable bonds is 0. The van der Waals surface area contributed by atoms with Gasteiger partial charge in [0, 0.05) is 25.0 Å². The summed E-state index contributed by atoms with van der Waals surface area (Å²) < 4.78 is 10.6. The first kappa shape index (κ1) is 9.16. The number of ether oxygens (including phenoxy) is 1. The molecule has 1 aromatic rings. The molecule has 0 radical (unpaired) electrons. The highest BCUT2D eigenvalue weighted by Gasteiger charge is 2.44. The minimum atomic E-state index is -0.144. The van der Waals surface area contributed by atoms with Crippen LogP contribution < -0.4 is 0 Å². The van der Waals surface area contributed by atoms with E-state index in [4.69, 9.17) is 9.15 Å². The fraction of sp³-hybridized carbons (Fsp3) is 0.583. The Balaban J connectivity index is 1.98. The van der Waals surface area contributed by atoms with Gasteiger partial charge in [-0.1, -0.05) is 0 Å². The maximum absolute atomic E-state index is 12.3. The summed E-state index contributed by atoms with van der Waals surface area (Å²) in [5, 5.41) is 0. The largest absolute Gasteiger partial charge is 0.469 e. The molecular formula is C12H14O3. The van der Waals surface area contributed by atoms with Crippen LogP contribution in [0.15, 0.2) is 16.7 Å². The third-order valence-electron chi connectivity index (χ3n) is 3.75. The van der Waals surface area contributed by atoms with Crippen molar-refractivity contribution in [1.29, 1.82) is 0 Å². The van der Waals surface area contributed by atoms with Gasteiger partial charge in [0.15, 0.2) is 5.78 Å². The van der Waals surface area contributed by atoms with Gasteiger partial charge in [-0.25, -0.2) is 0 Å². The lowest BCUT2D eigenvalue weighted by atomic mass is 9.68. The van der Waals surface area contributed by atoms with Crippen molar-refractivity contribution in [1.82, 2.24) is 0 Å². The average molecular weight is 206 g/mol. The van der Waals surface area contributed by atoms with Gasteiger partial charge in [0.05, 0.1) is 11.8 Å². The molecule has 3 heteroatoms. The van der Waals surface area contributed by atoms with E-state index in [1.807, 2.05) is 6.07 Å². The van der Waals surface area contributed by atoms with Gasteiger partial charge >= 0.3 is 0 Å². The molecule has 1 aliphatic heterocycles. The standard InChI is InChI=1S/C12H14O3/c13-11-9-2-6-15-10(9)1-3-12(11)4-7-14-8-5-12/h2,6H,1,3-5,7-8H2. The molecule has 0 unspecified atom stereocenters. The molecule has 0 N–H and O–H groups in total. The minimum absolute atomic E-state index is 0.144. The second kappa shape index (κ2) is 3.20. The molecule has 0 atom stereocenters. The molecule has 2 aliphatic rings. The Labute approximate surface area is 88.4 Å². The van der Waals surface area contributed by atoms with Crippen LogP contribution in [-0.4, -0.2) is 19.0 Å². The quantitative estimate of drug-likeness (QED) is 0.653. The summed E-state index contributed by atoms with van der Waals surface area (Å²) in [7, 11) is 0. The number of carbonyl (C=O) groups is 1. The topological polar surface area (TPSA) is 39.4 Å². The van der Waals surface area contributed by atoms with Gasteiger partial charge in [-0.05, 0) is 25.3 Å². The summed E-state index contributed by atoms with van der Waals surface area (Å²) in [6.07, 6.45) is 5.19. The summed E-state index contributed by atoms with van der Waals surface area (Å²) >= 11 is 0. The maximum atomic E-state index is 12.3. The van der Waals surface area contributed by atoms with Crippen LogP contribution in [0.1, 0.15) is 35.4 Å². The number of hydrogen-bond donors (Lipinski definition) is 0. The molecule has 1 fully saturated rings. The molecule has 80 valence electrons. The van der Waals surface area contributed by atoms with E-state index in [1.165, 1.54) is 0 Å². The number of ketones is 1. The molecule has 2 heterocycles. The highest BCUT2D eigenvalue weighted by molar-refractivity contribution is 6.02. The molecule has 1 aliphatic carbocycles. The van der Waals surface area contributed by atoms with E-state index in [2.05, 4.69) is 0 Å². The van der Waals surface area contributed by atoms with Crippen LogP contribution in [0.25, 0.3) is 0 Å². The van der Waals surface area contributed by atoms with Crippen molar-refractivity contribution < 1.29 is 13.9 Å². The molecule has 3 rings (SSSR count). The van der Waals surface area contributed by atoms with E-state index in [0.29, 0.717) is 0 Å². The van der Waals surface area contributed by atoms with Crippen LogP contribution in [0.2, 0.25) is 0 Å². The number of Topliss-reactive ketones (excluding diaryl/α,β-unsaturated/α-hetero) is 1. The number of furan rings is 1. The van der Waals surface area contributed by atoms with Crippen molar-refractivity contribution in [2.45, 2.75) is 25.7 Å². The number of aryl methyl sites for hydroxylation is 1. The molecule has 0 bridgehead atoms. The summed E-state index contributed by atoms with van der Waals surface area (Å²) in [4.78, 5) is 12.3. The van der Waals surface area contributed by atoms with Crippen molar-refractivity contribution in [2.24, 2.45) is 5.41 Å². The Morgan fingerprint density at radius 3 is 2.80 bits per heavy atom. The van der Waals surface area contributed by atoms with E-state index in [9.17, 15) is 4.79 Å². The van der Waals surface area contributed by atoms with Gasteiger partial charge in [-0.3, -0.25) is 4.79 Å². The Bertz CT molecular complexity index is 385. The zero-order chi connectivity index (χ0) is 10.3. The summed E-state index contributed by atoms with van der Waals surface area (Å²) in [5.41, 5.74) is 0.665. The minimum Gasteiger partial charge on any atom is -0.469 e. The molecule has 3 nitrogen and oxygen atoms in total. The SMILES string of the molecule is O=C1c2ccoc2CCC12CCOCC2. The smallest absolute Gasteiger partial charge is 0.172 e. The monoisotopic (exact) mass is 206 g/mol. The predicted molar refractivity (Wildman–Crippen MR) is 53.8 cm³/mol. The van der Waals surface area contributed by atoms with E-state index < -0.39 is 0 Å². The molecule has 0 aromatic carbocycles. The summed E-state index contributed by atoms with van der Waals surface area (Å²) in [6, 6.07) is 1.81. The van der Waals surface area contributed by atoms with E-state index in [-0.39, 0.29) is 11.2 Å². The van der Waals surface area contributed by atoms with E-state index >= 15 is 0 Å². The van der Waals surface area contributed by atoms with Crippen LogP contribution in [0.4, 0.5) is 0 Å². The third kappa shape index (κ3) is 1.26. The van der Waals surface area contributed by atoms with Crippen LogP contribution >= 0.6 is 0 Å². The lowest BCUT2D eigenvalue weighted by Gasteiger charge is -2.37. The highest BCUT2D eigenvalue weighted by Crippen LogP contribution is 2.43. The average Bonchev–Trinajstić information content (AvgIpc) is 2.74. The molecule has 1 aromatic heterocycles. The Morgan fingerprint density at radius 2 is 2.00 bits per heavy atom. The van der Waals surface area contributed by atoms with Crippen molar-refractivity contribution in [3.63, 3.8) is 0 Å². The summed E-state index contributed by atoms with van der Waals surface area (Å²) in [6.45, 7) is 1.44. The molecular weight excluding hydrogens is 192 g/mol. The Morgan fingerprint density at radius 1 is 1.20 bits per heavy atom. The summed E-state index contributed by atoms with van der Waals surface area (Å²) in [5.74, 6) is 1.15. The van der Waals surface area contributed by atoms with Gasteiger partial charge in [0.25, 0.3) is 0 Å². The van der Waals surface area contributed by atoms with Gasteiger partial charge < -0.3 is 9.15 Å². The Hall–Kier alpha value is -1.09. The third-order valence-corrected chi connectivity index (χ3v) is 3.75. The first-order valence-electron chi connectivity index (χ1n) is 5.51. The second-order valence-corrected chi connectivity index (χ2v) is 4.48. The fourth-order valence-corrected chi connectivity index (χ4v) is 2.73. The molecule has 1 saturated heterocycles. The number of hydrogen-bond acceptors (Lipinski definition) is 3. The molecule has 15 heavy (non-hydrogen) atoms. The zero-order valence-corrected chi connectivity index (χ0v) is 8.62. The first-order chi connectivity index (χ1) is 7.32. The maximum Gasteiger partial charge on any atom is 0.172 e. The van der Waals surface area contributed by atoms with E-state index in [1.54, 1.807) is 6.26 Å². The molecule has 1 spiro atoms. The predicted octanol–water partition coefficient (Wildman–Crippen LogP) is 2.21. The van der Waals surface area contributed by atoms with Crippen LogP contribution in [0.3, 0.4) is 0 Å². The van der Waals surface area contributed by atoms with Gasteiger partial charge in [0.2, 0.25) is 0 Å². The lowest BCUT2D eigenvalue weighted by molar-refractivity contribution is 0.0109. The van der Waals surface area contributed by atoms with Gasteiger partial charge in [-0.2, -0.15) is 0 Å². The highest BCUT2D eigenvalue weighted by atomic mass is 16.5. The Kier molecular flexibility index (Phi) is 1.96. The number of carbonyl (C=O) groups excluding carboxylic acids is 1. The van der Waals surface area contributed by atoms with Crippen molar-refractivity contribution in [3.05, 3.63) is 23.7 Å². The van der Waals surface area contributed by atoms with Gasteiger partial charge in [-0.15, -0.1) is 0 Å². The van der Waals surface area contributed by atoms with Crippen LogP contribution in [-0.2, 0) is 11.2 Å². The zero-order valence-electron chi connectivity index (χ0n) is 8.62. The van der Waals surface area contributed by atoms with Crippen molar-refractivity contribution >= 4 is 5.78 Å².